The zero-order valence-corrected chi connectivity index (χ0v) is 9.64. The number of rotatable bonds is 3. The van der Waals surface area contributed by atoms with Crippen molar-refractivity contribution in [3.8, 4) is 10.6 Å². The molecule has 0 aliphatic heterocycles. The summed E-state index contributed by atoms with van der Waals surface area (Å²) < 4.78 is 5.81. The molecule has 2 heterocycles. The summed E-state index contributed by atoms with van der Waals surface area (Å²) in [5.41, 5.74) is 6.37. The van der Waals surface area contributed by atoms with E-state index in [-0.39, 0.29) is 0 Å². The highest BCUT2D eigenvalue weighted by Gasteiger charge is 2.11. The van der Waals surface area contributed by atoms with Crippen LogP contribution in [0.2, 0.25) is 0 Å². The molecular formula is C8H8BrN3OS. The van der Waals surface area contributed by atoms with Gasteiger partial charge in [0.25, 0.3) is 0 Å². The first kappa shape index (κ1) is 9.82. The molecule has 0 amide bonds. The van der Waals surface area contributed by atoms with E-state index in [2.05, 4.69) is 26.1 Å². The number of hydrogen-bond donors (Lipinski definition) is 1. The Balaban J connectivity index is 2.29. The molecule has 0 saturated heterocycles. The number of nitrogens with two attached hydrogens (primary N) is 1. The summed E-state index contributed by atoms with van der Waals surface area (Å²) in [5, 5.41) is 9.90. The molecule has 14 heavy (non-hydrogen) atoms. The maximum Gasteiger partial charge on any atom is 0.179 e. The summed E-state index contributed by atoms with van der Waals surface area (Å²) in [6, 6.07) is 1.86. The molecule has 0 unspecified atom stereocenters. The van der Waals surface area contributed by atoms with Gasteiger partial charge in [-0.3, -0.25) is 0 Å². The maximum atomic E-state index is 5.43. The third kappa shape index (κ3) is 1.87. The molecule has 0 bridgehead atoms. The van der Waals surface area contributed by atoms with Gasteiger partial charge in [0.2, 0.25) is 0 Å². The monoisotopic (exact) mass is 273 g/mol. The zero-order valence-electron chi connectivity index (χ0n) is 7.24. The lowest BCUT2D eigenvalue weighted by atomic mass is 10.4. The van der Waals surface area contributed by atoms with E-state index in [1.165, 1.54) is 11.3 Å². The van der Waals surface area contributed by atoms with Gasteiger partial charge < -0.3 is 10.2 Å². The van der Waals surface area contributed by atoms with Crippen LogP contribution in [0.3, 0.4) is 0 Å². The summed E-state index contributed by atoms with van der Waals surface area (Å²) >= 11 is 4.84. The average molecular weight is 274 g/mol. The van der Waals surface area contributed by atoms with Gasteiger partial charge in [0.05, 0.1) is 11.8 Å². The van der Waals surface area contributed by atoms with E-state index in [1.807, 2.05) is 6.07 Å². The minimum atomic E-state index is 0.598. The maximum absolute atomic E-state index is 5.43. The van der Waals surface area contributed by atoms with Crippen LogP contribution < -0.4 is 5.73 Å². The Labute approximate surface area is 93.3 Å². The van der Waals surface area contributed by atoms with E-state index in [9.17, 15) is 0 Å². The van der Waals surface area contributed by atoms with Crippen LogP contribution in [0.25, 0.3) is 10.6 Å². The highest BCUT2D eigenvalue weighted by molar-refractivity contribution is 9.10. The lowest BCUT2D eigenvalue weighted by molar-refractivity contribution is 0.542. The molecular weight excluding hydrogens is 266 g/mol. The topological polar surface area (TPSA) is 64.9 Å². The van der Waals surface area contributed by atoms with Crippen LogP contribution in [0, 0.1) is 0 Å². The summed E-state index contributed by atoms with van der Waals surface area (Å²) in [5.74, 6) is 0. The second-order valence-corrected chi connectivity index (χ2v) is 4.43. The summed E-state index contributed by atoms with van der Waals surface area (Å²) in [4.78, 5) is 0. The van der Waals surface area contributed by atoms with Gasteiger partial charge >= 0.3 is 0 Å². The first-order valence-corrected chi connectivity index (χ1v) is 5.68. The molecule has 74 valence electrons. The van der Waals surface area contributed by atoms with Crippen LogP contribution in [0.15, 0.2) is 21.4 Å². The molecule has 0 aliphatic rings. The molecule has 6 heteroatoms. The van der Waals surface area contributed by atoms with E-state index in [0.717, 1.165) is 22.0 Å². The molecule has 0 aromatic carbocycles. The van der Waals surface area contributed by atoms with E-state index in [1.54, 1.807) is 6.26 Å². The number of hydrogen-bond acceptors (Lipinski definition) is 5. The van der Waals surface area contributed by atoms with Crippen LogP contribution in [0.5, 0.6) is 0 Å². The molecule has 0 spiro atoms. The Morgan fingerprint density at radius 3 is 3.00 bits per heavy atom. The molecule has 0 fully saturated rings. The second kappa shape index (κ2) is 4.20. The van der Waals surface area contributed by atoms with Crippen molar-refractivity contribution in [1.29, 1.82) is 0 Å². The van der Waals surface area contributed by atoms with E-state index < -0.39 is 0 Å². The SMILES string of the molecule is NCCc1nnc(-c2ccoc2Br)s1. The lowest BCUT2D eigenvalue weighted by Gasteiger charge is -1.87. The molecule has 2 aromatic rings. The average Bonchev–Trinajstić information content (AvgIpc) is 2.74. The van der Waals surface area contributed by atoms with E-state index in [0.29, 0.717) is 11.2 Å². The lowest BCUT2D eigenvalue weighted by Crippen LogP contribution is -2.01. The van der Waals surface area contributed by atoms with Crippen molar-refractivity contribution in [2.75, 3.05) is 6.54 Å². The van der Waals surface area contributed by atoms with Crippen molar-refractivity contribution in [2.24, 2.45) is 5.73 Å². The van der Waals surface area contributed by atoms with Gasteiger partial charge in [0.1, 0.15) is 5.01 Å². The fourth-order valence-electron chi connectivity index (χ4n) is 1.03. The first-order chi connectivity index (χ1) is 6.81. The number of halogens is 1. The third-order valence-electron chi connectivity index (χ3n) is 1.67. The van der Waals surface area contributed by atoms with Crippen molar-refractivity contribution in [1.82, 2.24) is 10.2 Å². The van der Waals surface area contributed by atoms with Gasteiger partial charge in [-0.15, -0.1) is 10.2 Å². The largest absolute Gasteiger partial charge is 0.457 e. The quantitative estimate of drug-likeness (QED) is 0.930. The van der Waals surface area contributed by atoms with Crippen molar-refractivity contribution in [3.05, 3.63) is 22.0 Å². The van der Waals surface area contributed by atoms with Gasteiger partial charge in [-0.25, -0.2) is 0 Å². The first-order valence-electron chi connectivity index (χ1n) is 4.07. The van der Waals surface area contributed by atoms with E-state index >= 15 is 0 Å². The van der Waals surface area contributed by atoms with Crippen molar-refractivity contribution in [3.63, 3.8) is 0 Å². The van der Waals surface area contributed by atoms with Gasteiger partial charge in [-0.05, 0) is 28.5 Å². The standard InChI is InChI=1S/C8H8BrN3OS/c9-7-5(2-4-13-7)8-12-11-6(14-8)1-3-10/h2,4H,1,3,10H2. The Morgan fingerprint density at radius 1 is 1.50 bits per heavy atom. The van der Waals surface area contributed by atoms with Gasteiger partial charge in [-0.1, -0.05) is 11.3 Å². The van der Waals surface area contributed by atoms with Crippen LogP contribution in [-0.2, 0) is 6.42 Å². The Hall–Kier alpha value is -0.720. The minimum Gasteiger partial charge on any atom is -0.457 e. The van der Waals surface area contributed by atoms with Crippen LogP contribution in [0.4, 0.5) is 0 Å². The summed E-state index contributed by atoms with van der Waals surface area (Å²) in [7, 11) is 0. The molecule has 0 saturated carbocycles. The summed E-state index contributed by atoms with van der Waals surface area (Å²) in [6.07, 6.45) is 2.39. The molecule has 2 rings (SSSR count). The smallest absolute Gasteiger partial charge is 0.179 e. The molecule has 0 radical (unpaired) electrons. The molecule has 4 nitrogen and oxygen atoms in total. The Kier molecular flexibility index (Phi) is 2.95. The van der Waals surface area contributed by atoms with Crippen molar-refractivity contribution in [2.45, 2.75) is 6.42 Å². The minimum absolute atomic E-state index is 0.598. The number of furan rings is 1. The van der Waals surface area contributed by atoms with Gasteiger partial charge in [-0.2, -0.15) is 0 Å². The van der Waals surface area contributed by atoms with E-state index in [4.69, 9.17) is 10.2 Å². The fraction of sp³-hybridized carbons (Fsp3) is 0.250. The van der Waals surface area contributed by atoms with Gasteiger partial charge in [0, 0.05) is 6.42 Å². The Morgan fingerprint density at radius 2 is 2.36 bits per heavy atom. The fourth-order valence-corrected chi connectivity index (χ4v) is 2.47. The third-order valence-corrected chi connectivity index (χ3v) is 3.30. The van der Waals surface area contributed by atoms with Crippen molar-refractivity contribution < 1.29 is 4.42 Å². The van der Waals surface area contributed by atoms with Crippen LogP contribution in [-0.4, -0.2) is 16.7 Å². The highest BCUT2D eigenvalue weighted by atomic mass is 79.9. The molecule has 0 atom stereocenters. The number of nitrogens with zero attached hydrogens (tertiary/aromatic N) is 2. The molecule has 0 aliphatic carbocycles. The molecule has 2 N–H and O–H groups in total. The molecule has 2 aromatic heterocycles. The van der Waals surface area contributed by atoms with Crippen LogP contribution in [0.1, 0.15) is 5.01 Å². The number of aromatic nitrogens is 2. The predicted octanol–water partition coefficient (Wildman–Crippen LogP) is 2.06. The van der Waals surface area contributed by atoms with Crippen LogP contribution >= 0.6 is 27.3 Å². The Bertz CT molecular complexity index is 426. The zero-order chi connectivity index (χ0) is 9.97. The normalized spacial score (nSPS) is 10.7. The van der Waals surface area contributed by atoms with Crippen molar-refractivity contribution >= 4 is 27.3 Å². The van der Waals surface area contributed by atoms with Gasteiger partial charge in [0.15, 0.2) is 9.68 Å². The summed E-state index contributed by atoms with van der Waals surface area (Å²) in [6.45, 7) is 0.598. The second-order valence-electron chi connectivity index (χ2n) is 2.65. The highest BCUT2D eigenvalue weighted by Crippen LogP contribution is 2.31. The predicted molar refractivity (Wildman–Crippen MR) is 58.1 cm³/mol.